The molecule has 4 N–H and O–H groups in total. The summed E-state index contributed by atoms with van der Waals surface area (Å²) in [6.45, 7) is -0.232. The second-order valence-corrected chi connectivity index (χ2v) is 8.09. The Bertz CT molecular complexity index is 960. The highest BCUT2D eigenvalue weighted by atomic mass is 35.5. The van der Waals surface area contributed by atoms with Crippen molar-refractivity contribution in [2.24, 2.45) is 11.7 Å². The molecule has 31 heavy (non-hydrogen) atoms. The highest BCUT2D eigenvalue weighted by Gasteiger charge is 2.28. The zero-order chi connectivity index (χ0) is 22.4. The maximum absolute atomic E-state index is 12.6. The third-order valence-corrected chi connectivity index (χ3v) is 5.41. The molecule has 1 aliphatic rings. The topological polar surface area (TPSA) is 123 Å². The lowest BCUT2D eigenvalue weighted by atomic mass is 9.86. The second-order valence-electron chi connectivity index (χ2n) is 7.25. The number of ether oxygens (including phenoxy) is 1. The number of primary amides is 1. The Morgan fingerprint density at radius 2 is 1.77 bits per heavy atom. The van der Waals surface area contributed by atoms with Gasteiger partial charge in [0, 0.05) is 23.4 Å². The number of amides is 3. The third-order valence-electron chi connectivity index (χ3n) is 4.94. The molecule has 1 heterocycles. The average molecular weight is 465 g/mol. The number of hydrogen-bond donors (Lipinski definition) is 3. The van der Waals surface area contributed by atoms with Crippen LogP contribution in [0.15, 0.2) is 36.5 Å². The lowest BCUT2D eigenvalue weighted by Crippen LogP contribution is -2.33. The van der Waals surface area contributed by atoms with E-state index in [4.69, 9.17) is 33.7 Å². The van der Waals surface area contributed by atoms with Gasteiger partial charge in [0.25, 0.3) is 5.91 Å². The molecular formula is C21H22Cl2N4O4. The number of halogens is 2. The van der Waals surface area contributed by atoms with Crippen molar-refractivity contribution in [2.45, 2.75) is 31.8 Å². The Morgan fingerprint density at radius 1 is 1.10 bits per heavy atom. The minimum atomic E-state index is -0.620. The van der Waals surface area contributed by atoms with Gasteiger partial charge in [-0.3, -0.25) is 14.4 Å². The Kier molecular flexibility index (Phi) is 7.70. The van der Waals surface area contributed by atoms with Crippen LogP contribution in [0.25, 0.3) is 0 Å². The normalized spacial score (nSPS) is 18.1. The van der Waals surface area contributed by atoms with Crippen LogP contribution in [0.5, 0.6) is 5.88 Å². The van der Waals surface area contributed by atoms with Crippen LogP contribution in [-0.4, -0.2) is 35.4 Å². The van der Waals surface area contributed by atoms with Gasteiger partial charge in [-0.05, 0) is 56.0 Å². The van der Waals surface area contributed by atoms with Crippen LogP contribution in [0.1, 0.15) is 36.0 Å². The molecule has 0 bridgehead atoms. The van der Waals surface area contributed by atoms with E-state index >= 15 is 0 Å². The fraction of sp³-hybridized carbons (Fsp3) is 0.333. The molecule has 1 aromatic heterocycles. The Labute approximate surface area is 189 Å². The quantitative estimate of drug-likeness (QED) is 0.580. The lowest BCUT2D eigenvalue weighted by Gasteiger charge is -2.28. The van der Waals surface area contributed by atoms with Gasteiger partial charge in [0.2, 0.25) is 17.7 Å². The molecule has 1 aromatic carbocycles. The van der Waals surface area contributed by atoms with Gasteiger partial charge in [-0.2, -0.15) is 0 Å². The SMILES string of the molecule is NC(=O)CNC(=O)c1ccc(NC(=O)C2CCC(Oc3ncc(Cl)cc3Cl)CC2)cc1. The third kappa shape index (κ3) is 6.57. The van der Waals surface area contributed by atoms with Gasteiger partial charge in [0.05, 0.1) is 11.6 Å². The van der Waals surface area contributed by atoms with Crippen LogP contribution in [0.4, 0.5) is 5.69 Å². The number of aromatic nitrogens is 1. The molecule has 1 aliphatic carbocycles. The van der Waals surface area contributed by atoms with Gasteiger partial charge in [-0.1, -0.05) is 23.2 Å². The van der Waals surface area contributed by atoms with E-state index in [0.717, 1.165) is 0 Å². The highest BCUT2D eigenvalue weighted by Crippen LogP contribution is 2.31. The lowest BCUT2D eigenvalue weighted by molar-refractivity contribution is -0.121. The van der Waals surface area contributed by atoms with Crippen molar-refractivity contribution < 1.29 is 19.1 Å². The summed E-state index contributed by atoms with van der Waals surface area (Å²) in [6.07, 6.45) is 4.18. The molecular weight excluding hydrogens is 443 g/mol. The maximum Gasteiger partial charge on any atom is 0.251 e. The number of nitrogens with two attached hydrogens (primary N) is 1. The first-order valence-electron chi connectivity index (χ1n) is 9.77. The fourth-order valence-corrected chi connectivity index (χ4v) is 3.73. The molecule has 0 aliphatic heterocycles. The Morgan fingerprint density at radius 3 is 2.39 bits per heavy atom. The minimum absolute atomic E-state index is 0.0616. The summed E-state index contributed by atoms with van der Waals surface area (Å²) in [5.74, 6) is -0.895. The van der Waals surface area contributed by atoms with E-state index in [-0.39, 0.29) is 24.5 Å². The van der Waals surface area contributed by atoms with Crippen LogP contribution in [-0.2, 0) is 9.59 Å². The largest absolute Gasteiger partial charge is 0.473 e. The van der Waals surface area contributed by atoms with Gasteiger partial charge in [-0.15, -0.1) is 0 Å². The average Bonchev–Trinajstić information content (AvgIpc) is 2.75. The predicted molar refractivity (Wildman–Crippen MR) is 117 cm³/mol. The van der Waals surface area contributed by atoms with Crippen molar-refractivity contribution in [3.05, 3.63) is 52.1 Å². The van der Waals surface area contributed by atoms with Crippen molar-refractivity contribution in [1.29, 1.82) is 0 Å². The van der Waals surface area contributed by atoms with E-state index in [0.29, 0.717) is 52.9 Å². The van der Waals surface area contributed by atoms with Crippen LogP contribution >= 0.6 is 23.2 Å². The van der Waals surface area contributed by atoms with E-state index < -0.39 is 11.8 Å². The summed E-state index contributed by atoms with van der Waals surface area (Å²) in [7, 11) is 0. The van der Waals surface area contributed by atoms with Crippen molar-refractivity contribution in [3.8, 4) is 5.88 Å². The first kappa shape index (κ1) is 22.8. The van der Waals surface area contributed by atoms with Crippen molar-refractivity contribution in [2.75, 3.05) is 11.9 Å². The Balaban J connectivity index is 1.47. The van der Waals surface area contributed by atoms with Crippen LogP contribution in [0.2, 0.25) is 10.0 Å². The van der Waals surface area contributed by atoms with Crippen molar-refractivity contribution >= 4 is 46.6 Å². The fourth-order valence-electron chi connectivity index (χ4n) is 3.31. The Hall–Kier alpha value is -2.84. The first-order chi connectivity index (χ1) is 14.8. The standard InChI is InChI=1S/C21H22Cl2N4O4/c22-14-9-17(23)21(26-10-14)31-16-7-3-13(4-8-16)20(30)27-15-5-1-12(2-6-15)19(29)25-11-18(24)28/h1-2,5-6,9-10,13,16H,3-4,7-8,11H2,(H2,24,28)(H,25,29)(H,27,30). The molecule has 0 radical (unpaired) electrons. The number of rotatable bonds is 7. The van der Waals surface area contributed by atoms with E-state index in [9.17, 15) is 14.4 Å². The van der Waals surface area contributed by atoms with Crippen molar-refractivity contribution in [3.63, 3.8) is 0 Å². The zero-order valence-corrected chi connectivity index (χ0v) is 18.1. The summed E-state index contributed by atoms with van der Waals surface area (Å²) >= 11 is 11.9. The molecule has 3 rings (SSSR count). The molecule has 0 saturated heterocycles. The van der Waals surface area contributed by atoms with E-state index in [1.807, 2.05) is 0 Å². The summed E-state index contributed by atoms with van der Waals surface area (Å²) in [6, 6.07) is 8.00. The number of nitrogens with zero attached hydrogens (tertiary/aromatic N) is 1. The number of pyridine rings is 1. The molecule has 0 unspecified atom stereocenters. The monoisotopic (exact) mass is 464 g/mol. The molecule has 1 fully saturated rings. The van der Waals surface area contributed by atoms with Crippen molar-refractivity contribution in [1.82, 2.24) is 10.3 Å². The molecule has 10 heteroatoms. The zero-order valence-electron chi connectivity index (χ0n) is 16.6. The van der Waals surface area contributed by atoms with Gasteiger partial charge < -0.3 is 21.1 Å². The number of carbonyl (C=O) groups excluding carboxylic acids is 3. The first-order valence-corrected chi connectivity index (χ1v) is 10.5. The van der Waals surface area contributed by atoms with E-state index in [1.165, 1.54) is 6.20 Å². The van der Waals surface area contributed by atoms with Gasteiger partial charge >= 0.3 is 0 Å². The van der Waals surface area contributed by atoms with Gasteiger partial charge in [-0.25, -0.2) is 4.98 Å². The number of anilines is 1. The summed E-state index contributed by atoms with van der Waals surface area (Å²) < 4.78 is 5.86. The maximum atomic E-state index is 12.6. The number of nitrogens with one attached hydrogen (secondary N) is 2. The minimum Gasteiger partial charge on any atom is -0.473 e. The number of benzene rings is 1. The second kappa shape index (κ2) is 10.5. The van der Waals surface area contributed by atoms with Gasteiger partial charge in [0.15, 0.2) is 0 Å². The summed E-state index contributed by atoms with van der Waals surface area (Å²) in [5.41, 5.74) is 5.96. The van der Waals surface area contributed by atoms with Crippen LogP contribution < -0.4 is 21.1 Å². The molecule has 0 spiro atoms. The van der Waals surface area contributed by atoms with Gasteiger partial charge in [0.1, 0.15) is 11.1 Å². The molecule has 8 nitrogen and oxygen atoms in total. The van der Waals surface area contributed by atoms with E-state index in [1.54, 1.807) is 30.3 Å². The number of carbonyl (C=O) groups is 3. The molecule has 3 amide bonds. The smallest absolute Gasteiger partial charge is 0.251 e. The summed E-state index contributed by atoms with van der Waals surface area (Å²) in [5, 5.41) is 6.08. The highest BCUT2D eigenvalue weighted by molar-refractivity contribution is 6.35. The van der Waals surface area contributed by atoms with E-state index in [2.05, 4.69) is 15.6 Å². The summed E-state index contributed by atoms with van der Waals surface area (Å²) in [4.78, 5) is 39.3. The number of hydrogen-bond acceptors (Lipinski definition) is 5. The van der Waals surface area contributed by atoms with Crippen LogP contribution in [0, 0.1) is 5.92 Å². The molecule has 2 aromatic rings. The molecule has 0 atom stereocenters. The predicted octanol–water partition coefficient (Wildman–Crippen LogP) is 3.18. The van der Waals surface area contributed by atoms with Crippen LogP contribution in [0.3, 0.4) is 0 Å². The molecule has 1 saturated carbocycles. The molecule has 164 valence electrons.